The Hall–Kier alpha value is -0.120. The SMILES string of the molecule is CC(C)(C)C(C)(C)COCCN1CCOCC1. The maximum Gasteiger partial charge on any atom is 0.0594 e. The van der Waals surface area contributed by atoms with E-state index in [-0.39, 0.29) is 10.8 Å². The van der Waals surface area contributed by atoms with Crippen LogP contribution in [0.2, 0.25) is 0 Å². The number of ether oxygens (including phenoxy) is 2. The van der Waals surface area contributed by atoms with Gasteiger partial charge in [0.2, 0.25) is 0 Å². The molecule has 0 unspecified atom stereocenters. The minimum atomic E-state index is 0.220. The second-order valence-corrected chi connectivity index (χ2v) is 6.64. The highest BCUT2D eigenvalue weighted by Crippen LogP contribution is 2.37. The van der Waals surface area contributed by atoms with Gasteiger partial charge in [-0.25, -0.2) is 0 Å². The molecule has 0 bridgehead atoms. The van der Waals surface area contributed by atoms with Gasteiger partial charge in [0.25, 0.3) is 0 Å². The lowest BCUT2D eigenvalue weighted by Crippen LogP contribution is -2.39. The summed E-state index contributed by atoms with van der Waals surface area (Å²) in [6.45, 7) is 17.9. The fourth-order valence-corrected chi connectivity index (χ4v) is 1.56. The van der Waals surface area contributed by atoms with Crippen molar-refractivity contribution in [1.82, 2.24) is 4.90 Å². The molecular formula is C14H29NO2. The molecule has 102 valence electrons. The Morgan fingerprint density at radius 2 is 1.65 bits per heavy atom. The summed E-state index contributed by atoms with van der Waals surface area (Å²) in [5.74, 6) is 0. The Kier molecular flexibility index (Phi) is 5.42. The molecule has 0 aromatic heterocycles. The molecule has 0 atom stereocenters. The summed E-state index contributed by atoms with van der Waals surface area (Å²) < 4.78 is 11.2. The van der Waals surface area contributed by atoms with Gasteiger partial charge < -0.3 is 9.47 Å². The smallest absolute Gasteiger partial charge is 0.0594 e. The molecule has 0 aromatic rings. The van der Waals surface area contributed by atoms with E-state index in [4.69, 9.17) is 9.47 Å². The third-order valence-corrected chi connectivity index (χ3v) is 4.15. The first-order chi connectivity index (χ1) is 7.83. The Labute approximate surface area is 106 Å². The van der Waals surface area contributed by atoms with Gasteiger partial charge in [-0.15, -0.1) is 0 Å². The Balaban J connectivity index is 2.15. The number of hydrogen-bond acceptors (Lipinski definition) is 3. The van der Waals surface area contributed by atoms with E-state index in [1.165, 1.54) is 0 Å². The Bertz CT molecular complexity index is 215. The van der Waals surface area contributed by atoms with Gasteiger partial charge >= 0.3 is 0 Å². The van der Waals surface area contributed by atoms with Crippen LogP contribution in [0.3, 0.4) is 0 Å². The summed E-state index contributed by atoms with van der Waals surface area (Å²) in [5.41, 5.74) is 0.504. The average Bonchev–Trinajstić information content (AvgIpc) is 2.24. The zero-order valence-corrected chi connectivity index (χ0v) is 12.2. The molecule has 1 aliphatic rings. The van der Waals surface area contributed by atoms with Crippen molar-refractivity contribution in [2.75, 3.05) is 46.1 Å². The third-order valence-electron chi connectivity index (χ3n) is 4.15. The maximum atomic E-state index is 5.85. The van der Waals surface area contributed by atoms with Crippen molar-refractivity contribution in [2.45, 2.75) is 34.6 Å². The first-order valence-corrected chi connectivity index (χ1v) is 6.71. The number of nitrogens with zero attached hydrogens (tertiary/aromatic N) is 1. The predicted octanol–water partition coefficient (Wildman–Crippen LogP) is 2.41. The van der Waals surface area contributed by atoms with E-state index in [0.717, 1.165) is 46.1 Å². The van der Waals surface area contributed by atoms with Crippen molar-refractivity contribution >= 4 is 0 Å². The molecule has 0 aromatic carbocycles. The molecule has 0 radical (unpaired) electrons. The van der Waals surface area contributed by atoms with Crippen LogP contribution in [0, 0.1) is 10.8 Å². The van der Waals surface area contributed by atoms with Crippen molar-refractivity contribution in [1.29, 1.82) is 0 Å². The van der Waals surface area contributed by atoms with E-state index in [1.54, 1.807) is 0 Å². The van der Waals surface area contributed by atoms with Crippen LogP contribution in [0.5, 0.6) is 0 Å². The van der Waals surface area contributed by atoms with Gasteiger partial charge in [-0.05, 0) is 10.8 Å². The third kappa shape index (κ3) is 4.94. The summed E-state index contributed by atoms with van der Waals surface area (Å²) >= 11 is 0. The molecule has 1 fully saturated rings. The van der Waals surface area contributed by atoms with Crippen molar-refractivity contribution in [2.24, 2.45) is 10.8 Å². The lowest BCUT2D eigenvalue weighted by atomic mass is 9.70. The molecule has 3 nitrogen and oxygen atoms in total. The van der Waals surface area contributed by atoms with Crippen molar-refractivity contribution < 1.29 is 9.47 Å². The molecule has 1 aliphatic heterocycles. The molecule has 0 saturated carbocycles. The molecule has 0 spiro atoms. The van der Waals surface area contributed by atoms with Crippen LogP contribution in [0.15, 0.2) is 0 Å². The van der Waals surface area contributed by atoms with Gasteiger partial charge in [0.1, 0.15) is 0 Å². The fraction of sp³-hybridized carbons (Fsp3) is 1.00. The van der Waals surface area contributed by atoms with Crippen LogP contribution in [0.25, 0.3) is 0 Å². The molecule has 1 saturated heterocycles. The molecular weight excluding hydrogens is 214 g/mol. The van der Waals surface area contributed by atoms with E-state index in [2.05, 4.69) is 39.5 Å². The molecule has 0 N–H and O–H groups in total. The standard InChI is InChI=1S/C14H29NO2/c1-13(2,3)14(4,5)12-17-11-8-15-6-9-16-10-7-15/h6-12H2,1-5H3. The average molecular weight is 243 g/mol. The summed E-state index contributed by atoms with van der Waals surface area (Å²) in [6, 6.07) is 0. The summed E-state index contributed by atoms with van der Waals surface area (Å²) in [6.07, 6.45) is 0. The van der Waals surface area contributed by atoms with Crippen LogP contribution >= 0.6 is 0 Å². The largest absolute Gasteiger partial charge is 0.380 e. The number of rotatable bonds is 5. The normalized spacial score (nSPS) is 19.6. The van der Waals surface area contributed by atoms with Gasteiger partial charge in [-0.1, -0.05) is 34.6 Å². The molecule has 0 aliphatic carbocycles. The predicted molar refractivity (Wildman–Crippen MR) is 71.3 cm³/mol. The summed E-state index contributed by atoms with van der Waals surface area (Å²) in [5, 5.41) is 0. The van der Waals surface area contributed by atoms with Crippen molar-refractivity contribution in [3.63, 3.8) is 0 Å². The Morgan fingerprint density at radius 3 is 2.18 bits per heavy atom. The van der Waals surface area contributed by atoms with Crippen LogP contribution in [-0.4, -0.2) is 51.0 Å². The van der Waals surface area contributed by atoms with Crippen molar-refractivity contribution in [3.8, 4) is 0 Å². The van der Waals surface area contributed by atoms with Gasteiger partial charge in [0, 0.05) is 19.6 Å². The summed E-state index contributed by atoms with van der Waals surface area (Å²) in [7, 11) is 0. The minimum absolute atomic E-state index is 0.220. The van der Waals surface area contributed by atoms with Crippen LogP contribution < -0.4 is 0 Å². The highest BCUT2D eigenvalue weighted by molar-refractivity contribution is 4.82. The van der Waals surface area contributed by atoms with Gasteiger partial charge in [0.05, 0.1) is 26.4 Å². The number of hydrogen-bond donors (Lipinski definition) is 0. The second kappa shape index (κ2) is 6.17. The summed E-state index contributed by atoms with van der Waals surface area (Å²) in [4.78, 5) is 2.41. The van der Waals surface area contributed by atoms with Gasteiger partial charge in [-0.3, -0.25) is 4.90 Å². The van der Waals surface area contributed by atoms with Crippen molar-refractivity contribution in [3.05, 3.63) is 0 Å². The van der Waals surface area contributed by atoms with E-state index in [9.17, 15) is 0 Å². The first kappa shape index (κ1) is 14.9. The van der Waals surface area contributed by atoms with E-state index >= 15 is 0 Å². The van der Waals surface area contributed by atoms with Crippen LogP contribution in [0.1, 0.15) is 34.6 Å². The maximum absolute atomic E-state index is 5.85. The van der Waals surface area contributed by atoms with E-state index in [0.29, 0.717) is 0 Å². The van der Waals surface area contributed by atoms with Gasteiger partial charge in [-0.2, -0.15) is 0 Å². The molecule has 1 heterocycles. The quantitative estimate of drug-likeness (QED) is 0.692. The van der Waals surface area contributed by atoms with E-state index in [1.807, 2.05) is 0 Å². The van der Waals surface area contributed by atoms with Gasteiger partial charge in [0.15, 0.2) is 0 Å². The monoisotopic (exact) mass is 243 g/mol. The topological polar surface area (TPSA) is 21.7 Å². The lowest BCUT2D eigenvalue weighted by Gasteiger charge is -2.38. The Morgan fingerprint density at radius 1 is 1.06 bits per heavy atom. The molecule has 17 heavy (non-hydrogen) atoms. The zero-order valence-electron chi connectivity index (χ0n) is 12.2. The lowest BCUT2D eigenvalue weighted by molar-refractivity contribution is -0.0196. The molecule has 0 amide bonds. The molecule has 1 rings (SSSR count). The number of morpholine rings is 1. The zero-order chi connectivity index (χ0) is 12.9. The molecule has 3 heteroatoms. The fourth-order valence-electron chi connectivity index (χ4n) is 1.56. The first-order valence-electron chi connectivity index (χ1n) is 6.71. The second-order valence-electron chi connectivity index (χ2n) is 6.64. The highest BCUT2D eigenvalue weighted by atomic mass is 16.5. The highest BCUT2D eigenvalue weighted by Gasteiger charge is 2.32. The van der Waals surface area contributed by atoms with Crippen LogP contribution in [-0.2, 0) is 9.47 Å². The minimum Gasteiger partial charge on any atom is -0.380 e. The van der Waals surface area contributed by atoms with E-state index < -0.39 is 0 Å². The van der Waals surface area contributed by atoms with Crippen LogP contribution in [0.4, 0.5) is 0 Å².